The molecule has 1 aromatic heterocycles. The number of ether oxygens (including phenoxy) is 3. The highest BCUT2D eigenvalue weighted by Crippen LogP contribution is 2.31. The number of benzene rings is 2. The highest BCUT2D eigenvalue weighted by molar-refractivity contribution is 5.96. The van der Waals surface area contributed by atoms with Crippen LogP contribution < -0.4 is 24.8 Å². The SMILES string of the molecule is O=C1COc2cc(OCC3CC3)cc(c2)C(=O)N[C@H]2CN(C(=O)c3cc(C(F)F)[nH]n3)C[C@@H]2Oc2ccc(cc2)CN1. The van der Waals surface area contributed by atoms with E-state index in [1.54, 1.807) is 36.4 Å². The molecule has 0 spiro atoms. The standard InChI is InChI=1S/C29H29F2N5O6/c30-27(31)22-10-23(35-34-22)29(39)36-12-24-25(13-36)42-19-5-3-16(4-6-19)11-32-26(37)15-41-21-8-18(28(38)33-24)7-20(9-21)40-14-17-1-2-17/h3-10,17,24-25,27H,1-2,11-15H2,(H,32,37)(H,33,38)(H,34,35)/t24-,25-/m0/s1. The number of rotatable bonds is 5. The first-order valence-electron chi connectivity index (χ1n) is 13.7. The third kappa shape index (κ3) is 6.45. The number of likely N-dealkylation sites (tertiary alicyclic amines) is 1. The van der Waals surface area contributed by atoms with Gasteiger partial charge < -0.3 is 29.7 Å². The van der Waals surface area contributed by atoms with Gasteiger partial charge in [-0.05, 0) is 54.7 Å². The van der Waals surface area contributed by atoms with Crippen LogP contribution in [0.5, 0.6) is 17.2 Å². The highest BCUT2D eigenvalue weighted by atomic mass is 19.3. The van der Waals surface area contributed by atoms with Crippen LogP contribution in [-0.4, -0.2) is 71.3 Å². The minimum absolute atomic E-state index is 0.0594. The van der Waals surface area contributed by atoms with Crippen molar-refractivity contribution in [2.75, 3.05) is 26.3 Å². The van der Waals surface area contributed by atoms with Crippen LogP contribution in [-0.2, 0) is 11.3 Å². The number of amides is 3. The number of H-pyrrole nitrogens is 1. The van der Waals surface area contributed by atoms with Crippen molar-refractivity contribution in [1.29, 1.82) is 0 Å². The summed E-state index contributed by atoms with van der Waals surface area (Å²) in [5.74, 6) is 0.342. The molecule has 7 rings (SSSR count). The van der Waals surface area contributed by atoms with E-state index in [0.29, 0.717) is 29.8 Å². The van der Waals surface area contributed by atoms with Gasteiger partial charge in [0.15, 0.2) is 12.3 Å². The minimum Gasteiger partial charge on any atom is -0.493 e. The van der Waals surface area contributed by atoms with Crippen molar-refractivity contribution in [3.8, 4) is 17.2 Å². The van der Waals surface area contributed by atoms with E-state index >= 15 is 0 Å². The Bertz CT molecular complexity index is 1480. The van der Waals surface area contributed by atoms with E-state index in [4.69, 9.17) is 14.2 Å². The Morgan fingerprint density at radius 3 is 2.62 bits per heavy atom. The first-order valence-corrected chi connectivity index (χ1v) is 13.7. The largest absolute Gasteiger partial charge is 0.493 e. The third-order valence-electron chi connectivity index (χ3n) is 7.32. The Hall–Kier alpha value is -4.68. The molecule has 11 nitrogen and oxygen atoms in total. The Balaban J connectivity index is 1.27. The quantitative estimate of drug-likeness (QED) is 0.422. The third-order valence-corrected chi connectivity index (χ3v) is 7.32. The molecule has 13 heteroatoms. The molecule has 2 atom stereocenters. The van der Waals surface area contributed by atoms with Crippen molar-refractivity contribution < 1.29 is 37.4 Å². The molecule has 4 aliphatic rings. The first-order chi connectivity index (χ1) is 20.3. The second-order valence-electron chi connectivity index (χ2n) is 10.6. The number of aromatic nitrogens is 2. The molecule has 4 heterocycles. The predicted octanol–water partition coefficient (Wildman–Crippen LogP) is 2.85. The maximum atomic E-state index is 13.5. The second-order valence-corrected chi connectivity index (χ2v) is 10.6. The van der Waals surface area contributed by atoms with Gasteiger partial charge >= 0.3 is 0 Å². The lowest BCUT2D eigenvalue weighted by Crippen LogP contribution is -2.45. The van der Waals surface area contributed by atoms with Gasteiger partial charge in [-0.3, -0.25) is 19.5 Å². The minimum atomic E-state index is -2.80. The van der Waals surface area contributed by atoms with Crippen LogP contribution in [0, 0.1) is 5.92 Å². The van der Waals surface area contributed by atoms with Gasteiger partial charge in [0.05, 0.1) is 19.2 Å². The van der Waals surface area contributed by atoms with Crippen LogP contribution in [0.4, 0.5) is 8.78 Å². The molecule has 1 aliphatic carbocycles. The maximum Gasteiger partial charge on any atom is 0.279 e. The fraction of sp³-hybridized carbons (Fsp3) is 0.379. The molecule has 1 saturated carbocycles. The summed E-state index contributed by atoms with van der Waals surface area (Å²) in [6.45, 7) is 0.674. The van der Waals surface area contributed by atoms with Crippen LogP contribution in [0.1, 0.15) is 51.4 Å². The summed E-state index contributed by atoms with van der Waals surface area (Å²) in [5, 5.41) is 11.7. The van der Waals surface area contributed by atoms with Gasteiger partial charge in [0.1, 0.15) is 29.0 Å². The summed E-state index contributed by atoms with van der Waals surface area (Å²) in [4.78, 5) is 40.5. The molecule has 220 valence electrons. The number of nitrogens with one attached hydrogen (secondary N) is 3. The molecule has 3 aromatic rings. The van der Waals surface area contributed by atoms with Crippen molar-refractivity contribution in [3.05, 3.63) is 71.0 Å². The van der Waals surface area contributed by atoms with Crippen LogP contribution >= 0.6 is 0 Å². The fourth-order valence-electron chi connectivity index (χ4n) is 4.80. The van der Waals surface area contributed by atoms with Crippen LogP contribution in [0.25, 0.3) is 0 Å². The molecular weight excluding hydrogens is 552 g/mol. The molecule has 4 bridgehead atoms. The monoisotopic (exact) mass is 581 g/mol. The second kappa shape index (κ2) is 11.7. The van der Waals surface area contributed by atoms with E-state index in [2.05, 4.69) is 20.8 Å². The number of hydrogen-bond donors (Lipinski definition) is 3. The van der Waals surface area contributed by atoms with Crippen molar-refractivity contribution in [3.63, 3.8) is 0 Å². The zero-order chi connectivity index (χ0) is 29.2. The number of nitrogens with zero attached hydrogens (tertiary/aromatic N) is 2. The Kier molecular flexibility index (Phi) is 7.64. The first kappa shape index (κ1) is 27.5. The van der Waals surface area contributed by atoms with Gasteiger partial charge in [0, 0.05) is 24.7 Å². The molecule has 0 radical (unpaired) electrons. The van der Waals surface area contributed by atoms with Gasteiger partial charge in [-0.15, -0.1) is 0 Å². The summed E-state index contributed by atoms with van der Waals surface area (Å²) < 4.78 is 43.9. The normalized spacial score (nSPS) is 20.7. The van der Waals surface area contributed by atoms with Crippen molar-refractivity contribution in [1.82, 2.24) is 25.7 Å². The fourth-order valence-corrected chi connectivity index (χ4v) is 4.80. The van der Waals surface area contributed by atoms with E-state index in [9.17, 15) is 23.2 Å². The van der Waals surface area contributed by atoms with E-state index in [0.717, 1.165) is 24.5 Å². The summed E-state index contributed by atoms with van der Waals surface area (Å²) >= 11 is 0. The topological polar surface area (TPSA) is 135 Å². The lowest BCUT2D eigenvalue weighted by Gasteiger charge is -2.21. The summed E-state index contributed by atoms with van der Waals surface area (Å²) in [5.41, 5.74) is 0.462. The van der Waals surface area contributed by atoms with Crippen molar-refractivity contribution in [2.45, 2.75) is 38.0 Å². The van der Waals surface area contributed by atoms with Gasteiger partial charge in [0.2, 0.25) is 0 Å². The molecule has 3 amide bonds. The smallest absolute Gasteiger partial charge is 0.279 e. The molecule has 42 heavy (non-hydrogen) atoms. The van der Waals surface area contributed by atoms with Gasteiger partial charge in [0.25, 0.3) is 24.1 Å². The molecule has 3 aliphatic heterocycles. The summed E-state index contributed by atoms with van der Waals surface area (Å²) in [7, 11) is 0. The highest BCUT2D eigenvalue weighted by Gasteiger charge is 2.39. The van der Waals surface area contributed by atoms with Crippen LogP contribution in [0.2, 0.25) is 0 Å². The zero-order valence-electron chi connectivity index (χ0n) is 22.5. The average molecular weight is 582 g/mol. The van der Waals surface area contributed by atoms with Crippen molar-refractivity contribution in [2.24, 2.45) is 5.92 Å². The van der Waals surface area contributed by atoms with E-state index in [-0.39, 0.29) is 43.4 Å². The zero-order valence-corrected chi connectivity index (χ0v) is 22.5. The maximum absolute atomic E-state index is 13.5. The van der Waals surface area contributed by atoms with Crippen LogP contribution in [0.15, 0.2) is 48.5 Å². The van der Waals surface area contributed by atoms with E-state index in [1.165, 1.54) is 11.0 Å². The number of carbonyl (C=O) groups is 3. The van der Waals surface area contributed by atoms with Gasteiger partial charge in [-0.1, -0.05) is 12.1 Å². The number of halogens is 2. The number of hydrogen-bond acceptors (Lipinski definition) is 7. The Labute approximate surface area is 239 Å². The van der Waals surface area contributed by atoms with Gasteiger partial charge in [-0.2, -0.15) is 5.10 Å². The lowest BCUT2D eigenvalue weighted by molar-refractivity contribution is -0.123. The Morgan fingerprint density at radius 1 is 1.07 bits per heavy atom. The average Bonchev–Trinajstić information content (AvgIpc) is 3.53. The summed E-state index contributed by atoms with van der Waals surface area (Å²) in [6, 6.07) is 12.2. The molecule has 0 unspecified atom stereocenters. The van der Waals surface area contributed by atoms with Gasteiger partial charge in [-0.25, -0.2) is 8.78 Å². The predicted molar refractivity (Wildman–Crippen MR) is 144 cm³/mol. The number of fused-ring (bicyclic) bond motifs is 7. The van der Waals surface area contributed by atoms with Crippen molar-refractivity contribution >= 4 is 17.7 Å². The molecule has 3 N–H and O–H groups in total. The Morgan fingerprint density at radius 2 is 1.88 bits per heavy atom. The molecule has 2 fully saturated rings. The number of alkyl halides is 2. The lowest BCUT2D eigenvalue weighted by atomic mass is 10.1. The molecule has 2 aromatic carbocycles. The van der Waals surface area contributed by atoms with E-state index in [1.807, 2.05) is 0 Å². The number of carbonyl (C=O) groups excluding carboxylic acids is 3. The molecular formula is C29H29F2N5O6. The molecule has 1 saturated heterocycles. The number of aromatic amines is 1. The summed E-state index contributed by atoms with van der Waals surface area (Å²) in [6.07, 6.45) is -1.27. The van der Waals surface area contributed by atoms with Crippen LogP contribution in [0.3, 0.4) is 0 Å². The van der Waals surface area contributed by atoms with E-state index < -0.39 is 36.1 Å².